The van der Waals surface area contributed by atoms with Gasteiger partial charge in [0.15, 0.2) is 0 Å². The number of rotatable bonds is 32. The zero-order valence-corrected chi connectivity index (χ0v) is 27.6. The molecule has 0 heterocycles. The first-order valence-corrected chi connectivity index (χ1v) is 16.6. The van der Waals surface area contributed by atoms with Crippen LogP contribution in [0.4, 0.5) is 0 Å². The molecule has 0 atom stereocenters. The van der Waals surface area contributed by atoms with Crippen molar-refractivity contribution in [3.8, 4) is 0 Å². The predicted molar refractivity (Wildman–Crippen MR) is 166 cm³/mol. The molecule has 0 saturated heterocycles. The van der Waals surface area contributed by atoms with Crippen LogP contribution in [0.1, 0.15) is 124 Å². The minimum atomic E-state index is -0.470. The molecule has 0 amide bonds. The third kappa shape index (κ3) is 34.9. The summed E-state index contributed by atoms with van der Waals surface area (Å²) in [4.78, 5) is 23.4. The Labute approximate surface area is 257 Å². The maximum atomic E-state index is 11.8. The first-order valence-electron chi connectivity index (χ1n) is 16.6. The normalized spacial score (nSPS) is 11.6. The average Bonchev–Trinajstić information content (AvgIpc) is 2.94. The van der Waals surface area contributed by atoms with Crippen LogP contribution < -0.4 is 0 Å². The van der Waals surface area contributed by atoms with Crippen molar-refractivity contribution in [3.63, 3.8) is 0 Å². The predicted octanol–water partition coefficient (Wildman–Crippen LogP) is 6.83. The smallest absolute Gasteiger partial charge is 0.308 e. The van der Waals surface area contributed by atoms with Gasteiger partial charge in [0.1, 0.15) is 12.2 Å². The van der Waals surface area contributed by atoms with Gasteiger partial charge in [0.05, 0.1) is 72.5 Å². The molecule has 0 aromatic carbocycles. The van der Waals surface area contributed by atoms with Gasteiger partial charge in [-0.15, -0.1) is 0 Å². The van der Waals surface area contributed by atoms with Crippen LogP contribution in [0, 0.1) is 0 Å². The minimum absolute atomic E-state index is 0.134. The van der Waals surface area contributed by atoms with E-state index in [1.54, 1.807) is 0 Å². The van der Waals surface area contributed by atoms with Crippen molar-refractivity contribution in [1.82, 2.24) is 0 Å². The summed E-state index contributed by atoms with van der Waals surface area (Å²) in [5, 5.41) is 0. The van der Waals surface area contributed by atoms with Crippen LogP contribution >= 0.6 is 0 Å². The van der Waals surface area contributed by atoms with E-state index in [1.165, 1.54) is 70.6 Å². The monoisotopic (exact) mass is 604 g/mol. The second-order valence-corrected chi connectivity index (χ2v) is 11.6. The summed E-state index contributed by atoms with van der Waals surface area (Å²) < 4.78 is 37.6. The van der Waals surface area contributed by atoms with Gasteiger partial charge >= 0.3 is 11.9 Å². The lowest BCUT2D eigenvalue weighted by atomic mass is 10.0. The Morgan fingerprint density at radius 2 is 0.786 bits per heavy atom. The standard InChI is InChI=1S/C33H64O9/c1-5-6-7-8-9-10-11-12-13-14-15-16-17-18-31(34)41-30-29-40-28-27-39-26-25-38-24-23-37-22-21-36-20-19-32(35)42-33(2,3)4/h5-30H2,1-4H3. The maximum absolute atomic E-state index is 11.8. The maximum Gasteiger partial charge on any atom is 0.308 e. The average molecular weight is 605 g/mol. The highest BCUT2D eigenvalue weighted by Crippen LogP contribution is 2.13. The number of esters is 2. The van der Waals surface area contributed by atoms with Crippen LogP contribution in [0.5, 0.6) is 0 Å². The highest BCUT2D eigenvalue weighted by molar-refractivity contribution is 5.70. The molecule has 0 bridgehead atoms. The summed E-state index contributed by atoms with van der Waals surface area (Å²) in [6.45, 7) is 12.5. The molecule has 0 aromatic heterocycles. The van der Waals surface area contributed by atoms with Gasteiger partial charge in [0, 0.05) is 6.42 Å². The van der Waals surface area contributed by atoms with E-state index in [2.05, 4.69) is 6.92 Å². The molecule has 0 unspecified atom stereocenters. The Morgan fingerprint density at radius 3 is 1.19 bits per heavy atom. The van der Waals surface area contributed by atoms with Gasteiger partial charge in [-0.25, -0.2) is 0 Å². The Kier molecular flexibility index (Phi) is 30.2. The number of ether oxygens (including phenoxy) is 7. The van der Waals surface area contributed by atoms with Crippen molar-refractivity contribution in [1.29, 1.82) is 0 Å². The second kappa shape index (κ2) is 31.2. The van der Waals surface area contributed by atoms with Gasteiger partial charge in [-0.1, -0.05) is 84.0 Å². The summed E-state index contributed by atoms with van der Waals surface area (Å²) in [5.74, 6) is -0.397. The summed E-state index contributed by atoms with van der Waals surface area (Å²) in [6, 6.07) is 0. The van der Waals surface area contributed by atoms with Crippen LogP contribution in [-0.2, 0) is 42.7 Å². The van der Waals surface area contributed by atoms with E-state index in [0.29, 0.717) is 72.5 Å². The quantitative estimate of drug-likeness (QED) is 0.0604. The minimum Gasteiger partial charge on any atom is -0.463 e. The molecule has 0 aliphatic heterocycles. The van der Waals surface area contributed by atoms with Crippen LogP contribution in [0.15, 0.2) is 0 Å². The molecule has 0 saturated carbocycles. The van der Waals surface area contributed by atoms with E-state index >= 15 is 0 Å². The van der Waals surface area contributed by atoms with Crippen molar-refractivity contribution in [3.05, 3.63) is 0 Å². The highest BCUT2D eigenvalue weighted by Gasteiger charge is 2.15. The summed E-state index contributed by atoms with van der Waals surface area (Å²) in [5.41, 5.74) is -0.470. The lowest BCUT2D eigenvalue weighted by molar-refractivity contribution is -0.156. The SMILES string of the molecule is CCCCCCCCCCCCCCCC(=O)OCCOCCOCCOCCOCCOCCC(=O)OC(C)(C)C. The molecule has 0 fully saturated rings. The third-order valence-electron chi connectivity index (χ3n) is 6.33. The highest BCUT2D eigenvalue weighted by atomic mass is 16.6. The van der Waals surface area contributed by atoms with Gasteiger partial charge < -0.3 is 33.2 Å². The van der Waals surface area contributed by atoms with Gasteiger partial charge in [-0.2, -0.15) is 0 Å². The first-order chi connectivity index (χ1) is 20.3. The van der Waals surface area contributed by atoms with Crippen LogP contribution in [-0.4, -0.2) is 90.2 Å². The summed E-state index contributed by atoms with van der Waals surface area (Å²) in [7, 11) is 0. The second-order valence-electron chi connectivity index (χ2n) is 11.6. The van der Waals surface area contributed by atoms with Crippen molar-refractivity contribution < 1.29 is 42.7 Å². The van der Waals surface area contributed by atoms with E-state index in [9.17, 15) is 9.59 Å². The van der Waals surface area contributed by atoms with Crippen molar-refractivity contribution in [2.45, 2.75) is 130 Å². The largest absolute Gasteiger partial charge is 0.463 e. The third-order valence-corrected chi connectivity index (χ3v) is 6.33. The molecule has 0 radical (unpaired) electrons. The fraction of sp³-hybridized carbons (Fsp3) is 0.939. The molecule has 0 N–H and O–H groups in total. The van der Waals surface area contributed by atoms with Crippen LogP contribution in [0.3, 0.4) is 0 Å². The van der Waals surface area contributed by atoms with E-state index in [-0.39, 0.29) is 25.0 Å². The molecule has 9 heteroatoms. The zero-order chi connectivity index (χ0) is 31.0. The summed E-state index contributed by atoms with van der Waals surface area (Å²) >= 11 is 0. The van der Waals surface area contributed by atoms with Gasteiger partial charge in [0.2, 0.25) is 0 Å². The molecular formula is C33H64O9. The molecular weight excluding hydrogens is 540 g/mol. The lowest BCUT2D eigenvalue weighted by Crippen LogP contribution is -2.24. The van der Waals surface area contributed by atoms with E-state index in [0.717, 1.165) is 12.8 Å². The molecule has 0 aromatic rings. The Bertz CT molecular complexity index is 593. The summed E-state index contributed by atoms with van der Waals surface area (Å²) in [6.07, 6.45) is 17.6. The van der Waals surface area contributed by atoms with Crippen molar-refractivity contribution in [2.24, 2.45) is 0 Å². The molecule has 0 aliphatic rings. The topological polar surface area (TPSA) is 98.8 Å². The van der Waals surface area contributed by atoms with E-state index in [4.69, 9.17) is 33.2 Å². The number of hydrogen-bond donors (Lipinski definition) is 0. The number of unbranched alkanes of at least 4 members (excludes halogenated alkanes) is 12. The molecule has 9 nitrogen and oxygen atoms in total. The van der Waals surface area contributed by atoms with Gasteiger partial charge in [-0.3, -0.25) is 9.59 Å². The number of hydrogen-bond acceptors (Lipinski definition) is 9. The fourth-order valence-electron chi connectivity index (χ4n) is 4.10. The van der Waals surface area contributed by atoms with E-state index in [1.807, 2.05) is 20.8 Å². The van der Waals surface area contributed by atoms with Gasteiger partial charge in [-0.05, 0) is 27.2 Å². The molecule has 250 valence electrons. The molecule has 0 spiro atoms. The molecule has 0 rings (SSSR count). The first kappa shape index (κ1) is 40.7. The molecule has 0 aliphatic carbocycles. The number of carbonyl (C=O) groups is 2. The lowest BCUT2D eigenvalue weighted by Gasteiger charge is -2.19. The Balaban J connectivity index is 3.20. The van der Waals surface area contributed by atoms with Gasteiger partial charge in [0.25, 0.3) is 0 Å². The number of carbonyl (C=O) groups excluding carboxylic acids is 2. The Hall–Kier alpha value is -1.26. The Morgan fingerprint density at radius 1 is 0.429 bits per heavy atom. The van der Waals surface area contributed by atoms with Crippen LogP contribution in [0.25, 0.3) is 0 Å². The molecule has 42 heavy (non-hydrogen) atoms. The van der Waals surface area contributed by atoms with Crippen molar-refractivity contribution >= 4 is 11.9 Å². The fourth-order valence-corrected chi connectivity index (χ4v) is 4.10. The zero-order valence-electron chi connectivity index (χ0n) is 27.6. The van der Waals surface area contributed by atoms with Crippen molar-refractivity contribution in [2.75, 3.05) is 72.7 Å². The van der Waals surface area contributed by atoms with Crippen LogP contribution in [0.2, 0.25) is 0 Å². The van der Waals surface area contributed by atoms with E-state index < -0.39 is 5.60 Å².